The first kappa shape index (κ1) is 18.3. The van der Waals surface area contributed by atoms with Crippen molar-refractivity contribution in [3.8, 4) is 5.75 Å². The van der Waals surface area contributed by atoms with E-state index in [1.165, 1.54) is 24.3 Å². The van der Waals surface area contributed by atoms with Gasteiger partial charge in [-0.2, -0.15) is 0 Å². The number of methoxy groups -OCH3 is 1. The normalized spacial score (nSPS) is 11.1. The van der Waals surface area contributed by atoms with Crippen molar-refractivity contribution in [2.75, 3.05) is 18.2 Å². The van der Waals surface area contributed by atoms with Gasteiger partial charge in [0, 0.05) is 17.1 Å². The number of carbonyl (C=O) groups is 1. The van der Waals surface area contributed by atoms with E-state index in [0.717, 1.165) is 0 Å². The fourth-order valence-electron chi connectivity index (χ4n) is 2.08. The number of sulfone groups is 1. The van der Waals surface area contributed by atoms with Gasteiger partial charge in [-0.05, 0) is 55.0 Å². The van der Waals surface area contributed by atoms with Crippen molar-refractivity contribution >= 4 is 33.0 Å². The molecule has 24 heavy (non-hydrogen) atoms. The second-order valence-corrected chi connectivity index (χ2v) is 7.70. The molecule has 0 aliphatic carbocycles. The van der Waals surface area contributed by atoms with E-state index in [0.29, 0.717) is 16.5 Å². The highest BCUT2D eigenvalue weighted by atomic mass is 35.5. The van der Waals surface area contributed by atoms with Crippen molar-refractivity contribution < 1.29 is 17.9 Å². The van der Waals surface area contributed by atoms with E-state index in [9.17, 15) is 13.2 Å². The van der Waals surface area contributed by atoms with Crippen molar-refractivity contribution in [1.82, 2.24) is 0 Å². The summed E-state index contributed by atoms with van der Waals surface area (Å²) in [6.45, 7) is 0. The summed E-state index contributed by atoms with van der Waals surface area (Å²) in [7, 11) is -1.85. The van der Waals surface area contributed by atoms with Crippen molar-refractivity contribution in [1.29, 1.82) is 0 Å². The van der Waals surface area contributed by atoms with Gasteiger partial charge < -0.3 is 10.1 Å². The van der Waals surface area contributed by atoms with Crippen LogP contribution in [0.2, 0.25) is 5.02 Å². The van der Waals surface area contributed by atoms with E-state index < -0.39 is 9.84 Å². The fourth-order valence-corrected chi connectivity index (χ4v) is 3.52. The molecule has 0 saturated heterocycles. The summed E-state index contributed by atoms with van der Waals surface area (Å²) in [5, 5.41) is 3.20. The highest BCUT2D eigenvalue weighted by Gasteiger charge is 2.15. The SMILES string of the molecule is COc1ccc(NC(=O)CCCS(=O)(=O)c2ccc(Cl)cc2)cc1. The Balaban J connectivity index is 1.84. The summed E-state index contributed by atoms with van der Waals surface area (Å²) < 4.78 is 29.4. The highest BCUT2D eigenvalue weighted by Crippen LogP contribution is 2.17. The van der Waals surface area contributed by atoms with Crippen LogP contribution in [-0.2, 0) is 14.6 Å². The van der Waals surface area contributed by atoms with E-state index in [2.05, 4.69) is 5.32 Å². The van der Waals surface area contributed by atoms with Crippen LogP contribution >= 0.6 is 11.6 Å². The average molecular weight is 368 g/mol. The van der Waals surface area contributed by atoms with E-state index in [1.807, 2.05) is 0 Å². The van der Waals surface area contributed by atoms with Gasteiger partial charge in [-0.3, -0.25) is 4.79 Å². The number of halogens is 1. The Bertz CT molecular complexity index is 786. The minimum absolute atomic E-state index is 0.0926. The van der Waals surface area contributed by atoms with Gasteiger partial charge in [0.2, 0.25) is 5.91 Å². The molecule has 5 nitrogen and oxygen atoms in total. The summed E-state index contributed by atoms with van der Waals surface area (Å²) >= 11 is 5.75. The highest BCUT2D eigenvalue weighted by molar-refractivity contribution is 7.91. The quantitative estimate of drug-likeness (QED) is 0.812. The molecule has 0 aromatic heterocycles. The molecule has 128 valence electrons. The third kappa shape index (κ3) is 5.25. The maximum absolute atomic E-state index is 12.2. The molecule has 0 heterocycles. The lowest BCUT2D eigenvalue weighted by atomic mass is 10.2. The Morgan fingerprint density at radius 3 is 2.29 bits per heavy atom. The maximum Gasteiger partial charge on any atom is 0.224 e. The summed E-state index contributed by atoms with van der Waals surface area (Å²) in [6.07, 6.45) is 0.367. The third-order valence-electron chi connectivity index (χ3n) is 3.36. The lowest BCUT2D eigenvalue weighted by Crippen LogP contribution is -2.14. The molecule has 0 fully saturated rings. The van der Waals surface area contributed by atoms with Crippen molar-refractivity contribution in [2.24, 2.45) is 0 Å². The van der Waals surface area contributed by atoms with Crippen LogP contribution in [0.4, 0.5) is 5.69 Å². The molecule has 0 aliphatic heterocycles. The number of hydrogen-bond acceptors (Lipinski definition) is 4. The third-order valence-corrected chi connectivity index (χ3v) is 5.43. The summed E-state index contributed by atoms with van der Waals surface area (Å²) in [5.41, 5.74) is 0.640. The molecule has 0 radical (unpaired) electrons. The molecule has 2 aromatic rings. The Morgan fingerprint density at radius 2 is 1.71 bits per heavy atom. The molecular weight excluding hydrogens is 350 g/mol. The van der Waals surface area contributed by atoms with Gasteiger partial charge in [0.05, 0.1) is 17.8 Å². The molecular formula is C17H18ClNO4S. The molecule has 0 saturated carbocycles. The summed E-state index contributed by atoms with van der Waals surface area (Å²) in [5.74, 6) is 0.374. The first-order chi connectivity index (χ1) is 11.4. The number of rotatable bonds is 7. The largest absolute Gasteiger partial charge is 0.497 e. The van der Waals surface area contributed by atoms with Crippen LogP contribution in [0.15, 0.2) is 53.4 Å². The maximum atomic E-state index is 12.2. The van der Waals surface area contributed by atoms with Crippen LogP contribution in [0.25, 0.3) is 0 Å². The molecule has 2 rings (SSSR count). The van der Waals surface area contributed by atoms with Gasteiger partial charge in [-0.1, -0.05) is 11.6 Å². The van der Waals surface area contributed by atoms with Crippen LogP contribution in [0.3, 0.4) is 0 Å². The molecule has 0 aliphatic rings. The standard InChI is InChI=1S/C17H18ClNO4S/c1-23-15-8-6-14(7-9-15)19-17(20)3-2-12-24(21,22)16-10-4-13(18)5-11-16/h4-11H,2-3,12H2,1H3,(H,19,20). The molecule has 7 heteroatoms. The van der Waals surface area contributed by atoms with Crippen molar-refractivity contribution in [3.05, 3.63) is 53.6 Å². The first-order valence-corrected chi connectivity index (χ1v) is 9.36. The Hall–Kier alpha value is -2.05. The Labute approximate surface area is 146 Å². The number of anilines is 1. The minimum atomic E-state index is -3.41. The molecule has 2 aromatic carbocycles. The molecule has 0 spiro atoms. The average Bonchev–Trinajstić information content (AvgIpc) is 2.56. The number of hydrogen-bond donors (Lipinski definition) is 1. The second-order valence-electron chi connectivity index (χ2n) is 5.15. The zero-order valence-electron chi connectivity index (χ0n) is 13.2. The van der Waals surface area contributed by atoms with E-state index >= 15 is 0 Å². The van der Waals surface area contributed by atoms with Crippen LogP contribution in [0, 0.1) is 0 Å². The van der Waals surface area contributed by atoms with Crippen molar-refractivity contribution in [2.45, 2.75) is 17.7 Å². The minimum Gasteiger partial charge on any atom is -0.497 e. The smallest absolute Gasteiger partial charge is 0.224 e. The number of ether oxygens (including phenoxy) is 1. The Morgan fingerprint density at radius 1 is 1.08 bits per heavy atom. The predicted octanol–water partition coefficient (Wildman–Crippen LogP) is 3.54. The van der Waals surface area contributed by atoms with E-state index in [4.69, 9.17) is 16.3 Å². The summed E-state index contributed by atoms with van der Waals surface area (Å²) in [6, 6.07) is 12.9. The second kappa shape index (κ2) is 8.17. The molecule has 1 amide bonds. The van der Waals surface area contributed by atoms with Gasteiger partial charge >= 0.3 is 0 Å². The number of carbonyl (C=O) groups excluding carboxylic acids is 1. The molecule has 1 N–H and O–H groups in total. The summed E-state index contributed by atoms with van der Waals surface area (Å²) in [4.78, 5) is 12.1. The van der Waals surface area contributed by atoms with Gasteiger partial charge in [0.15, 0.2) is 9.84 Å². The number of amides is 1. The Kier molecular flexibility index (Phi) is 6.23. The van der Waals surface area contributed by atoms with E-state index in [-0.39, 0.29) is 29.4 Å². The predicted molar refractivity (Wildman–Crippen MR) is 94.4 cm³/mol. The zero-order valence-corrected chi connectivity index (χ0v) is 14.7. The van der Waals surface area contributed by atoms with Crippen LogP contribution in [0.1, 0.15) is 12.8 Å². The zero-order chi connectivity index (χ0) is 17.6. The number of nitrogens with one attached hydrogen (secondary N) is 1. The van der Waals surface area contributed by atoms with E-state index in [1.54, 1.807) is 31.4 Å². The lowest BCUT2D eigenvalue weighted by Gasteiger charge is -2.07. The molecule has 0 bridgehead atoms. The van der Waals surface area contributed by atoms with Crippen LogP contribution in [-0.4, -0.2) is 27.2 Å². The van der Waals surface area contributed by atoms with Gasteiger partial charge in [0.25, 0.3) is 0 Å². The van der Waals surface area contributed by atoms with Crippen molar-refractivity contribution in [3.63, 3.8) is 0 Å². The molecule has 0 atom stereocenters. The van der Waals surface area contributed by atoms with Gasteiger partial charge in [0.1, 0.15) is 5.75 Å². The van der Waals surface area contributed by atoms with Crippen LogP contribution in [0.5, 0.6) is 5.75 Å². The van der Waals surface area contributed by atoms with Gasteiger partial charge in [-0.25, -0.2) is 8.42 Å². The number of benzene rings is 2. The topological polar surface area (TPSA) is 72.5 Å². The first-order valence-electron chi connectivity index (χ1n) is 7.33. The van der Waals surface area contributed by atoms with Crippen LogP contribution < -0.4 is 10.1 Å². The molecule has 0 unspecified atom stereocenters. The lowest BCUT2D eigenvalue weighted by molar-refractivity contribution is -0.116. The monoisotopic (exact) mass is 367 g/mol. The van der Waals surface area contributed by atoms with Gasteiger partial charge in [-0.15, -0.1) is 0 Å². The fraction of sp³-hybridized carbons (Fsp3) is 0.235.